The van der Waals surface area contributed by atoms with Gasteiger partial charge < -0.3 is 49.0 Å². The van der Waals surface area contributed by atoms with Crippen molar-refractivity contribution in [2.45, 2.75) is 52.1 Å². The van der Waals surface area contributed by atoms with E-state index < -0.39 is 72.2 Å². The molecule has 292 valence electrons. The Morgan fingerprint density at radius 1 is 0.386 bits per heavy atom. The van der Waals surface area contributed by atoms with Gasteiger partial charge in [-0.05, 0) is 76.2 Å². The van der Waals surface area contributed by atoms with Crippen LogP contribution in [-0.4, -0.2) is 120 Å². The van der Waals surface area contributed by atoms with Crippen molar-refractivity contribution in [3.8, 4) is 0 Å². The first kappa shape index (κ1) is 47.1. The molecule has 0 fully saturated rings. The molecule has 4 aromatic rings. The molecule has 0 aromatic heterocycles. The van der Waals surface area contributed by atoms with E-state index in [0.29, 0.717) is 0 Å². The van der Waals surface area contributed by atoms with E-state index in [9.17, 15) is 58.8 Å². The molecule has 0 amide bonds. The second-order valence-corrected chi connectivity index (χ2v) is 12.1. The van der Waals surface area contributed by atoms with Gasteiger partial charge in [-0.25, -0.2) is 28.8 Å². The fourth-order valence-electron chi connectivity index (χ4n) is 4.44. The summed E-state index contributed by atoms with van der Waals surface area (Å²) in [5.41, 5.74) is 3.44. The van der Waals surface area contributed by atoms with Gasteiger partial charge in [0, 0.05) is 0 Å². The Morgan fingerprint density at radius 2 is 0.561 bits per heavy atom. The fourth-order valence-corrected chi connectivity index (χ4v) is 4.44. The molecule has 0 aliphatic rings. The summed E-state index contributed by atoms with van der Waals surface area (Å²) in [6, 6.07) is 23.9. The molecule has 0 saturated heterocycles. The monoisotopic (exact) mass is 810 g/mol. The van der Waals surface area contributed by atoms with Crippen molar-refractivity contribution in [2.24, 2.45) is 0 Å². The zero-order valence-corrected chi connectivity index (χ0v) is 33.1. The van der Waals surface area contributed by atoms with Gasteiger partial charge in [0.15, 0.2) is 12.2 Å². The van der Waals surface area contributed by atoms with Crippen LogP contribution in [0.15, 0.2) is 97.1 Å². The zero-order chi connectivity index (χ0) is 41.7. The Balaban J connectivity index is 0.000000387. The van der Waals surface area contributed by atoms with Crippen LogP contribution in [0.3, 0.4) is 0 Å². The first-order chi connectivity index (χ1) is 26.4. The summed E-state index contributed by atoms with van der Waals surface area (Å²) in [5.74, 6) is -12.0. The number of aryl methyl sites for hydroxylation is 4. The summed E-state index contributed by atoms with van der Waals surface area (Å²) >= 11 is 0. The quantitative estimate of drug-likeness (QED) is 0.104. The number of hydrogen-bond donors (Lipinski definition) is 2. The van der Waals surface area contributed by atoms with E-state index in [1.165, 1.54) is 48.5 Å². The van der Waals surface area contributed by atoms with Gasteiger partial charge >= 0.3 is 73.6 Å². The van der Waals surface area contributed by atoms with Gasteiger partial charge in [0.2, 0.25) is 12.2 Å². The summed E-state index contributed by atoms with van der Waals surface area (Å²) in [6.45, 7) is 7.13. The standard InChI is InChI=1S/2C20H18O8.Ca/c2*1-11-3-7-13(8-4-11)19(25)27-15(17(21)22)16(18(23)24)28-20(26)14-9-5-12(2)6-10-14;/h2*3-10,15-16H,1-2H3,(H,21,22)(H,23,24);/q;;+2/p-2/t2*15-,16-;/m11./s1. The van der Waals surface area contributed by atoms with Crippen molar-refractivity contribution in [1.82, 2.24) is 0 Å². The Bertz CT molecular complexity index is 1770. The van der Waals surface area contributed by atoms with Crippen LogP contribution in [0.4, 0.5) is 0 Å². The molecule has 0 unspecified atom stereocenters. The van der Waals surface area contributed by atoms with Crippen molar-refractivity contribution >= 4 is 85.5 Å². The van der Waals surface area contributed by atoms with Crippen LogP contribution in [0.25, 0.3) is 0 Å². The minimum Gasteiger partial charge on any atom is -0.546 e. The average molecular weight is 811 g/mol. The summed E-state index contributed by atoms with van der Waals surface area (Å²) < 4.78 is 19.1. The molecular weight excluding hydrogens is 777 g/mol. The molecule has 0 spiro atoms. The van der Waals surface area contributed by atoms with Crippen molar-refractivity contribution < 1.29 is 77.7 Å². The zero-order valence-electron chi connectivity index (χ0n) is 30.9. The second kappa shape index (κ2) is 21.8. The molecule has 2 N–H and O–H groups in total. The summed E-state index contributed by atoms with van der Waals surface area (Å²) in [5, 5.41) is 41.4. The molecule has 0 bridgehead atoms. The summed E-state index contributed by atoms with van der Waals surface area (Å²) in [6.07, 6.45) is -9.23. The number of ether oxygens (including phenoxy) is 4. The Hall–Kier alpha value is -6.10. The van der Waals surface area contributed by atoms with Crippen molar-refractivity contribution in [3.63, 3.8) is 0 Å². The molecule has 0 radical (unpaired) electrons. The van der Waals surface area contributed by atoms with E-state index in [1.807, 2.05) is 0 Å². The number of carbonyl (C=O) groups is 8. The van der Waals surface area contributed by atoms with Crippen molar-refractivity contribution in [2.75, 3.05) is 0 Å². The van der Waals surface area contributed by atoms with E-state index in [2.05, 4.69) is 0 Å². The third-order valence-electron chi connectivity index (χ3n) is 7.59. The van der Waals surface area contributed by atoms with Crippen molar-refractivity contribution in [1.29, 1.82) is 0 Å². The van der Waals surface area contributed by atoms with Gasteiger partial charge in [-0.3, -0.25) is 0 Å². The van der Waals surface area contributed by atoms with Gasteiger partial charge in [0.05, 0.1) is 34.2 Å². The first-order valence-electron chi connectivity index (χ1n) is 16.4. The van der Waals surface area contributed by atoms with Gasteiger partial charge in [-0.15, -0.1) is 0 Å². The summed E-state index contributed by atoms with van der Waals surface area (Å²) in [7, 11) is 0. The second-order valence-electron chi connectivity index (χ2n) is 12.1. The SMILES string of the molecule is Cc1ccc(C(=O)O[C@@H](C(=O)O)[C@@H](OC(=O)c2ccc(C)cc2)C(=O)O)cc1.Cc1ccc(C(=O)O[C@@H](C(=O)[O-])[C@@H](OC(=O)c2ccc(C)cc2)C(=O)[O-])cc1.[Ca+2]. The smallest absolute Gasteiger partial charge is 0.546 e. The topological polar surface area (TPSA) is 260 Å². The minimum atomic E-state index is -2.40. The Labute approximate surface area is 354 Å². The van der Waals surface area contributed by atoms with E-state index in [1.54, 1.807) is 76.2 Å². The van der Waals surface area contributed by atoms with Gasteiger partial charge in [-0.2, -0.15) is 0 Å². The molecule has 0 aliphatic heterocycles. The summed E-state index contributed by atoms with van der Waals surface area (Å²) in [4.78, 5) is 94.3. The molecule has 0 heterocycles. The predicted octanol–water partition coefficient (Wildman–Crippen LogP) is 1.40. The molecule has 4 atom stereocenters. The molecule has 4 rings (SSSR count). The third-order valence-corrected chi connectivity index (χ3v) is 7.59. The molecule has 0 saturated carbocycles. The maximum absolute atomic E-state index is 12.2. The molecule has 16 nitrogen and oxygen atoms in total. The van der Waals surface area contributed by atoms with Gasteiger partial charge in [-0.1, -0.05) is 70.8 Å². The van der Waals surface area contributed by atoms with Crippen LogP contribution < -0.4 is 10.2 Å². The molecule has 57 heavy (non-hydrogen) atoms. The van der Waals surface area contributed by atoms with Crippen LogP contribution in [0.2, 0.25) is 0 Å². The van der Waals surface area contributed by atoms with Crippen LogP contribution in [0.5, 0.6) is 0 Å². The molecule has 0 aliphatic carbocycles. The maximum atomic E-state index is 12.2. The van der Waals surface area contributed by atoms with E-state index in [0.717, 1.165) is 22.3 Å². The predicted molar refractivity (Wildman–Crippen MR) is 193 cm³/mol. The number of esters is 4. The number of rotatable bonds is 14. The number of benzene rings is 4. The van der Waals surface area contributed by atoms with E-state index >= 15 is 0 Å². The van der Waals surface area contributed by atoms with Gasteiger partial charge in [0.1, 0.15) is 0 Å². The van der Waals surface area contributed by atoms with E-state index in [-0.39, 0.29) is 60.0 Å². The maximum Gasteiger partial charge on any atom is 2.00 e. The number of carboxylic acids is 4. The van der Waals surface area contributed by atoms with Crippen LogP contribution in [0.1, 0.15) is 63.7 Å². The van der Waals surface area contributed by atoms with Gasteiger partial charge in [0.25, 0.3) is 0 Å². The number of aliphatic carboxylic acids is 4. The number of hydrogen-bond acceptors (Lipinski definition) is 14. The molecule has 17 heteroatoms. The number of carboxylic acid groups (broad SMARTS) is 4. The van der Waals surface area contributed by atoms with Crippen LogP contribution in [0, 0.1) is 27.7 Å². The largest absolute Gasteiger partial charge is 2.00 e. The Kier molecular flexibility index (Phi) is 18.0. The van der Waals surface area contributed by atoms with Crippen LogP contribution >= 0.6 is 0 Å². The molecular formula is C40H34CaO16. The first-order valence-corrected chi connectivity index (χ1v) is 16.4. The normalized spacial score (nSPS) is 12.3. The minimum absolute atomic E-state index is 0. The number of carbonyl (C=O) groups excluding carboxylic acids is 6. The fraction of sp³-hybridized carbons (Fsp3) is 0.200. The van der Waals surface area contributed by atoms with Crippen molar-refractivity contribution in [3.05, 3.63) is 142 Å². The third kappa shape index (κ3) is 14.2. The average Bonchev–Trinajstić information content (AvgIpc) is 3.15. The van der Waals surface area contributed by atoms with E-state index in [4.69, 9.17) is 18.9 Å². The molecule has 4 aromatic carbocycles. The Morgan fingerprint density at radius 3 is 0.719 bits per heavy atom. The van der Waals surface area contributed by atoms with Crippen LogP contribution in [-0.2, 0) is 38.1 Å².